The Hall–Kier alpha value is 0.136. The number of fused-ring (bicyclic) bond motifs is 3. The molecule has 1 aliphatic rings. The van der Waals surface area contributed by atoms with Crippen molar-refractivity contribution in [2.75, 3.05) is 0 Å². The van der Waals surface area contributed by atoms with Crippen LogP contribution in [0.2, 0.25) is 5.02 Å². The van der Waals surface area contributed by atoms with E-state index in [1.54, 1.807) is 23.5 Å². The van der Waals surface area contributed by atoms with Crippen LogP contribution < -0.4 is 56.9 Å². The average Bonchev–Trinajstić information content (AvgIpc) is 2.87. The molecule has 0 atom stereocenters. The zero-order valence-corrected chi connectivity index (χ0v) is 18.1. The number of nitrogens with zero attached hydrogens (tertiary/aromatic N) is 2. The Kier molecular flexibility index (Phi) is 5.59. The third kappa shape index (κ3) is 3.18. The number of aromatic amines is 1. The molecular formula is C15H12ClKN3OS2+. The third-order valence-corrected chi connectivity index (χ3v) is 5.67. The number of pyridine rings is 1. The van der Waals surface area contributed by atoms with Crippen molar-refractivity contribution in [1.29, 1.82) is 0 Å². The monoisotopic (exact) mass is 388 g/mol. The fourth-order valence-electron chi connectivity index (χ4n) is 2.95. The Morgan fingerprint density at radius 1 is 1.30 bits per heavy atom. The zero-order chi connectivity index (χ0) is 15.3. The summed E-state index contributed by atoms with van der Waals surface area (Å²) in [7, 11) is 0. The van der Waals surface area contributed by atoms with Crippen LogP contribution in [0.15, 0.2) is 23.1 Å². The van der Waals surface area contributed by atoms with Crippen LogP contribution in [0.25, 0.3) is 16.0 Å². The van der Waals surface area contributed by atoms with E-state index in [9.17, 15) is 4.79 Å². The summed E-state index contributed by atoms with van der Waals surface area (Å²) in [5.74, 6) is 0.494. The SMILES string of the molecule is O=c1c2c3c(sc2[nH]c(=S)n1-c1ccc(Cl)cn1)CCCC3.[K+]. The first-order valence-corrected chi connectivity index (χ1v) is 8.67. The molecule has 0 saturated heterocycles. The van der Waals surface area contributed by atoms with E-state index in [4.69, 9.17) is 23.8 Å². The Bertz CT molecular complexity index is 991. The molecule has 0 amide bonds. The molecule has 4 nitrogen and oxygen atoms in total. The molecule has 3 heterocycles. The molecule has 1 N–H and O–H groups in total. The van der Waals surface area contributed by atoms with Crippen molar-refractivity contribution in [3.8, 4) is 5.82 Å². The Morgan fingerprint density at radius 2 is 2.09 bits per heavy atom. The largest absolute Gasteiger partial charge is 1.00 e. The molecule has 3 aromatic rings. The second-order valence-corrected chi connectivity index (χ2v) is 7.25. The van der Waals surface area contributed by atoms with Gasteiger partial charge >= 0.3 is 51.4 Å². The van der Waals surface area contributed by atoms with Gasteiger partial charge in [0.05, 0.1) is 10.4 Å². The molecule has 0 bridgehead atoms. The molecular weight excluding hydrogens is 377 g/mol. The van der Waals surface area contributed by atoms with E-state index in [1.807, 2.05) is 0 Å². The summed E-state index contributed by atoms with van der Waals surface area (Å²) < 4.78 is 1.82. The van der Waals surface area contributed by atoms with Gasteiger partial charge in [-0.2, -0.15) is 0 Å². The van der Waals surface area contributed by atoms with Crippen LogP contribution in [0.1, 0.15) is 23.3 Å². The van der Waals surface area contributed by atoms with Crippen molar-refractivity contribution in [3.63, 3.8) is 0 Å². The average molecular weight is 389 g/mol. The van der Waals surface area contributed by atoms with Crippen LogP contribution in [-0.4, -0.2) is 14.5 Å². The molecule has 1 aliphatic carbocycles. The molecule has 112 valence electrons. The fraction of sp³-hybridized carbons (Fsp3) is 0.267. The van der Waals surface area contributed by atoms with Crippen molar-refractivity contribution >= 4 is 45.4 Å². The number of rotatable bonds is 1. The number of halogens is 1. The number of hydrogen-bond acceptors (Lipinski definition) is 4. The van der Waals surface area contributed by atoms with Gasteiger partial charge in [-0.05, 0) is 55.6 Å². The summed E-state index contributed by atoms with van der Waals surface area (Å²) in [6.45, 7) is 0. The number of aryl methyl sites for hydroxylation is 2. The molecule has 4 rings (SSSR count). The van der Waals surface area contributed by atoms with Crippen LogP contribution >= 0.6 is 35.2 Å². The van der Waals surface area contributed by atoms with Gasteiger partial charge in [-0.25, -0.2) is 9.55 Å². The maximum absolute atomic E-state index is 13.0. The van der Waals surface area contributed by atoms with Crippen LogP contribution in [0.3, 0.4) is 0 Å². The van der Waals surface area contributed by atoms with Crippen LogP contribution in [0.4, 0.5) is 0 Å². The van der Waals surface area contributed by atoms with E-state index >= 15 is 0 Å². The van der Waals surface area contributed by atoms with Crippen LogP contribution in [0, 0.1) is 4.77 Å². The van der Waals surface area contributed by atoms with Gasteiger partial charge in [-0.3, -0.25) is 4.79 Å². The van der Waals surface area contributed by atoms with E-state index in [2.05, 4.69) is 9.97 Å². The van der Waals surface area contributed by atoms with Gasteiger partial charge in [0.15, 0.2) is 4.77 Å². The molecule has 0 unspecified atom stereocenters. The predicted octanol–water partition coefficient (Wildman–Crippen LogP) is 1.04. The van der Waals surface area contributed by atoms with Crippen molar-refractivity contribution in [1.82, 2.24) is 14.5 Å². The fourth-order valence-corrected chi connectivity index (χ4v) is 4.68. The standard InChI is InChI=1S/C15H12ClN3OS2.K/c16-8-5-6-11(17-7-8)19-14(20)12-9-3-1-2-4-10(9)22-13(12)18-15(19)21;/h5-7H,1-4H2,(H,18,21);/q;+1. The topological polar surface area (TPSA) is 50.7 Å². The molecule has 8 heteroatoms. The second kappa shape index (κ2) is 7.17. The molecule has 0 saturated carbocycles. The summed E-state index contributed by atoms with van der Waals surface area (Å²) in [5, 5.41) is 1.30. The summed E-state index contributed by atoms with van der Waals surface area (Å²) >= 11 is 12.9. The molecule has 0 aromatic carbocycles. The van der Waals surface area contributed by atoms with Crippen molar-refractivity contribution in [2.24, 2.45) is 0 Å². The third-order valence-electron chi connectivity index (χ3n) is 3.95. The van der Waals surface area contributed by atoms with E-state index in [-0.39, 0.29) is 56.9 Å². The van der Waals surface area contributed by atoms with Crippen molar-refractivity contribution < 1.29 is 51.4 Å². The van der Waals surface area contributed by atoms with Crippen molar-refractivity contribution in [2.45, 2.75) is 25.7 Å². The van der Waals surface area contributed by atoms with Gasteiger partial charge in [-0.15, -0.1) is 11.3 Å². The Labute approximate surface area is 189 Å². The van der Waals surface area contributed by atoms with Gasteiger partial charge in [0, 0.05) is 11.1 Å². The maximum atomic E-state index is 13.0. The van der Waals surface area contributed by atoms with E-state index in [1.165, 1.54) is 27.6 Å². The Morgan fingerprint density at radius 3 is 2.83 bits per heavy atom. The number of thiophene rings is 1. The molecule has 0 radical (unpaired) electrons. The number of H-pyrrole nitrogens is 1. The van der Waals surface area contributed by atoms with Crippen LogP contribution in [0.5, 0.6) is 0 Å². The number of nitrogens with one attached hydrogen (secondary N) is 1. The first kappa shape index (κ1) is 17.9. The second-order valence-electron chi connectivity index (χ2n) is 5.32. The molecule has 3 aromatic heterocycles. The van der Waals surface area contributed by atoms with Gasteiger partial charge in [-0.1, -0.05) is 11.6 Å². The van der Waals surface area contributed by atoms with Gasteiger partial charge in [0.1, 0.15) is 10.6 Å². The molecule has 0 fully saturated rings. The molecule has 23 heavy (non-hydrogen) atoms. The van der Waals surface area contributed by atoms with Gasteiger partial charge in [0.2, 0.25) is 0 Å². The summed E-state index contributed by atoms with van der Waals surface area (Å²) in [6.07, 6.45) is 5.85. The summed E-state index contributed by atoms with van der Waals surface area (Å²) in [6, 6.07) is 3.41. The minimum absolute atomic E-state index is 0. The molecule has 0 spiro atoms. The van der Waals surface area contributed by atoms with Crippen LogP contribution in [-0.2, 0) is 12.8 Å². The molecule has 0 aliphatic heterocycles. The summed E-state index contributed by atoms with van der Waals surface area (Å²) in [5.41, 5.74) is 1.10. The number of hydrogen-bond donors (Lipinski definition) is 1. The minimum atomic E-state index is -0.0898. The van der Waals surface area contributed by atoms with Gasteiger partial charge in [0.25, 0.3) is 5.56 Å². The quantitative estimate of drug-likeness (QED) is 0.500. The minimum Gasteiger partial charge on any atom is -0.323 e. The van der Waals surface area contributed by atoms with E-state index in [0.717, 1.165) is 29.5 Å². The van der Waals surface area contributed by atoms with E-state index < -0.39 is 0 Å². The van der Waals surface area contributed by atoms with Gasteiger partial charge < -0.3 is 4.98 Å². The van der Waals surface area contributed by atoms with Crippen molar-refractivity contribution in [3.05, 3.63) is 48.9 Å². The normalized spacial score (nSPS) is 13.6. The first-order chi connectivity index (χ1) is 10.6. The van der Waals surface area contributed by atoms with E-state index in [0.29, 0.717) is 15.6 Å². The predicted molar refractivity (Wildman–Crippen MR) is 92.1 cm³/mol. The number of aromatic nitrogens is 3. The summed E-state index contributed by atoms with van der Waals surface area (Å²) in [4.78, 5) is 22.6. The first-order valence-electron chi connectivity index (χ1n) is 7.06. The smallest absolute Gasteiger partial charge is 0.323 e. The Balaban J connectivity index is 0.00000156. The zero-order valence-electron chi connectivity index (χ0n) is 12.6. The maximum Gasteiger partial charge on any atom is 1.00 e.